The SMILES string of the molecule is Cc1ncc([N+](=O)[O-])n1CCOC(=O)c1ccccc1C(=O)O. The molecule has 0 amide bonds. The van der Waals surface area contributed by atoms with Gasteiger partial charge in [0.2, 0.25) is 0 Å². The van der Waals surface area contributed by atoms with E-state index in [1.165, 1.54) is 28.8 Å². The Kier molecular flexibility index (Phi) is 4.69. The highest BCUT2D eigenvalue weighted by Crippen LogP contribution is 2.14. The number of imidazole rings is 1. The van der Waals surface area contributed by atoms with Crippen LogP contribution >= 0.6 is 0 Å². The molecule has 1 N–H and O–H groups in total. The van der Waals surface area contributed by atoms with E-state index in [0.717, 1.165) is 6.20 Å². The van der Waals surface area contributed by atoms with Crippen molar-refractivity contribution in [2.75, 3.05) is 6.61 Å². The number of aromatic carboxylic acids is 1. The molecule has 1 heterocycles. The maximum absolute atomic E-state index is 12.0. The Labute approximate surface area is 130 Å². The minimum absolute atomic E-state index is 0.0448. The summed E-state index contributed by atoms with van der Waals surface area (Å²) in [5.41, 5.74) is -0.237. The number of hydrogen-bond acceptors (Lipinski definition) is 6. The maximum Gasteiger partial charge on any atom is 0.342 e. The number of esters is 1. The van der Waals surface area contributed by atoms with E-state index in [0.29, 0.717) is 5.82 Å². The van der Waals surface area contributed by atoms with Crippen molar-refractivity contribution in [3.05, 3.63) is 57.5 Å². The molecule has 0 aliphatic heterocycles. The number of carbonyl (C=O) groups is 2. The molecule has 0 spiro atoms. The van der Waals surface area contributed by atoms with Crippen LogP contribution in [-0.2, 0) is 11.3 Å². The zero-order valence-electron chi connectivity index (χ0n) is 12.1. The monoisotopic (exact) mass is 319 g/mol. The smallest absolute Gasteiger partial charge is 0.342 e. The molecule has 0 aliphatic carbocycles. The second-order valence-electron chi connectivity index (χ2n) is 4.56. The lowest BCUT2D eigenvalue weighted by atomic mass is 10.1. The van der Waals surface area contributed by atoms with Crippen LogP contribution in [0.15, 0.2) is 30.5 Å². The Morgan fingerprint density at radius 3 is 2.61 bits per heavy atom. The Balaban J connectivity index is 2.05. The van der Waals surface area contributed by atoms with Gasteiger partial charge in [0.05, 0.1) is 11.1 Å². The van der Waals surface area contributed by atoms with Gasteiger partial charge in [0.25, 0.3) is 0 Å². The fourth-order valence-electron chi connectivity index (χ4n) is 2.03. The number of ether oxygens (including phenoxy) is 1. The molecule has 1 aromatic carbocycles. The van der Waals surface area contributed by atoms with Crippen LogP contribution in [0.3, 0.4) is 0 Å². The molecule has 23 heavy (non-hydrogen) atoms. The third-order valence-corrected chi connectivity index (χ3v) is 3.15. The molecule has 0 saturated carbocycles. The number of hydrogen-bond donors (Lipinski definition) is 1. The summed E-state index contributed by atoms with van der Waals surface area (Å²) in [6.07, 6.45) is 1.12. The average molecular weight is 319 g/mol. The summed E-state index contributed by atoms with van der Waals surface area (Å²) in [4.78, 5) is 37.1. The van der Waals surface area contributed by atoms with Crippen molar-refractivity contribution in [2.45, 2.75) is 13.5 Å². The lowest BCUT2D eigenvalue weighted by Gasteiger charge is -2.07. The summed E-state index contributed by atoms with van der Waals surface area (Å²) < 4.78 is 6.31. The third kappa shape index (κ3) is 3.51. The predicted molar refractivity (Wildman–Crippen MR) is 77.3 cm³/mol. The average Bonchev–Trinajstić information content (AvgIpc) is 2.88. The normalized spacial score (nSPS) is 10.3. The molecule has 0 saturated heterocycles. The van der Waals surface area contributed by atoms with Gasteiger partial charge in [-0.15, -0.1) is 0 Å². The largest absolute Gasteiger partial charge is 0.478 e. The second-order valence-corrected chi connectivity index (χ2v) is 4.56. The molecule has 120 valence electrons. The molecule has 0 fully saturated rings. The van der Waals surface area contributed by atoms with Gasteiger partial charge >= 0.3 is 17.8 Å². The summed E-state index contributed by atoms with van der Waals surface area (Å²) in [5.74, 6) is -1.83. The molecule has 0 unspecified atom stereocenters. The van der Waals surface area contributed by atoms with Gasteiger partial charge in [0.1, 0.15) is 19.3 Å². The van der Waals surface area contributed by atoms with Gasteiger partial charge in [-0.3, -0.25) is 0 Å². The molecule has 9 heteroatoms. The molecule has 0 radical (unpaired) electrons. The number of carbonyl (C=O) groups excluding carboxylic acids is 1. The van der Waals surface area contributed by atoms with Crippen LogP contribution in [0.5, 0.6) is 0 Å². The standard InChI is InChI=1S/C14H13N3O6/c1-9-15-8-12(17(21)22)16(9)6-7-23-14(20)11-5-3-2-4-10(11)13(18)19/h2-5,8H,6-7H2,1H3,(H,18,19). The first-order valence-corrected chi connectivity index (χ1v) is 6.57. The summed E-state index contributed by atoms with van der Waals surface area (Å²) in [6.45, 7) is 1.49. The Bertz CT molecular complexity index is 768. The van der Waals surface area contributed by atoms with Crippen molar-refractivity contribution < 1.29 is 24.4 Å². The van der Waals surface area contributed by atoms with Gasteiger partial charge in [0.15, 0.2) is 5.82 Å². The fraction of sp³-hybridized carbons (Fsp3) is 0.214. The molecular formula is C14H13N3O6. The van der Waals surface area contributed by atoms with Crippen LogP contribution in [0, 0.1) is 17.0 Å². The van der Waals surface area contributed by atoms with Crippen LogP contribution in [-0.4, -0.2) is 38.1 Å². The number of carboxylic acid groups (broad SMARTS) is 1. The number of rotatable bonds is 6. The topological polar surface area (TPSA) is 125 Å². The summed E-state index contributed by atoms with van der Waals surface area (Å²) in [7, 11) is 0. The van der Waals surface area contributed by atoms with E-state index in [2.05, 4.69) is 4.98 Å². The Morgan fingerprint density at radius 1 is 1.35 bits per heavy atom. The van der Waals surface area contributed by atoms with Gasteiger partial charge in [-0.05, 0) is 17.1 Å². The second kappa shape index (κ2) is 6.69. The van der Waals surface area contributed by atoms with E-state index in [-0.39, 0.29) is 30.1 Å². The van der Waals surface area contributed by atoms with E-state index in [1.54, 1.807) is 6.92 Å². The number of carboxylic acids is 1. The molecule has 0 bridgehead atoms. The van der Waals surface area contributed by atoms with Gasteiger partial charge in [0, 0.05) is 6.92 Å². The van der Waals surface area contributed by atoms with Crippen LogP contribution in [0.25, 0.3) is 0 Å². The zero-order valence-corrected chi connectivity index (χ0v) is 12.1. The van der Waals surface area contributed by atoms with Crippen molar-refractivity contribution in [3.63, 3.8) is 0 Å². The maximum atomic E-state index is 12.0. The minimum atomic E-state index is -1.24. The lowest BCUT2D eigenvalue weighted by Crippen LogP contribution is -2.16. The number of aromatic nitrogens is 2. The molecule has 9 nitrogen and oxygen atoms in total. The van der Waals surface area contributed by atoms with Crippen molar-refractivity contribution in [1.82, 2.24) is 9.55 Å². The fourth-order valence-corrected chi connectivity index (χ4v) is 2.03. The van der Waals surface area contributed by atoms with E-state index < -0.39 is 16.9 Å². The molecule has 2 rings (SSSR count). The highest BCUT2D eigenvalue weighted by atomic mass is 16.6. The molecular weight excluding hydrogens is 306 g/mol. The van der Waals surface area contributed by atoms with Crippen molar-refractivity contribution in [1.29, 1.82) is 0 Å². The van der Waals surface area contributed by atoms with Gasteiger partial charge in [-0.1, -0.05) is 12.1 Å². The first-order chi connectivity index (χ1) is 10.9. The van der Waals surface area contributed by atoms with Crippen LogP contribution in [0.2, 0.25) is 0 Å². The van der Waals surface area contributed by atoms with Crippen LogP contribution < -0.4 is 0 Å². The highest BCUT2D eigenvalue weighted by Gasteiger charge is 2.20. The van der Waals surface area contributed by atoms with E-state index >= 15 is 0 Å². The molecule has 1 aromatic heterocycles. The number of nitrogens with zero attached hydrogens (tertiary/aromatic N) is 3. The van der Waals surface area contributed by atoms with E-state index in [4.69, 9.17) is 9.84 Å². The molecule has 2 aromatic rings. The number of benzene rings is 1. The Morgan fingerprint density at radius 2 is 2.00 bits per heavy atom. The van der Waals surface area contributed by atoms with Gasteiger partial charge in [-0.25, -0.2) is 19.1 Å². The van der Waals surface area contributed by atoms with Crippen molar-refractivity contribution >= 4 is 17.8 Å². The number of aryl methyl sites for hydroxylation is 1. The first-order valence-electron chi connectivity index (χ1n) is 6.57. The third-order valence-electron chi connectivity index (χ3n) is 3.15. The minimum Gasteiger partial charge on any atom is -0.478 e. The van der Waals surface area contributed by atoms with Gasteiger partial charge < -0.3 is 20.0 Å². The highest BCUT2D eigenvalue weighted by molar-refractivity contribution is 6.02. The molecule has 0 atom stereocenters. The summed E-state index contributed by atoms with van der Waals surface area (Å²) in [5, 5.41) is 19.9. The quantitative estimate of drug-likeness (QED) is 0.487. The Hall–Kier alpha value is -3.23. The van der Waals surface area contributed by atoms with Crippen molar-refractivity contribution in [3.8, 4) is 0 Å². The van der Waals surface area contributed by atoms with E-state index in [1.807, 2.05) is 0 Å². The summed E-state index contributed by atoms with van der Waals surface area (Å²) in [6, 6.07) is 5.66. The number of nitro groups is 1. The van der Waals surface area contributed by atoms with E-state index in [9.17, 15) is 19.7 Å². The summed E-state index contributed by atoms with van der Waals surface area (Å²) >= 11 is 0. The lowest BCUT2D eigenvalue weighted by molar-refractivity contribution is -0.392. The molecule has 0 aliphatic rings. The first kappa shape index (κ1) is 16.1. The van der Waals surface area contributed by atoms with Crippen molar-refractivity contribution in [2.24, 2.45) is 0 Å². The van der Waals surface area contributed by atoms with Gasteiger partial charge in [-0.2, -0.15) is 0 Å². The predicted octanol–water partition coefficient (Wildman–Crippen LogP) is 1.65. The van der Waals surface area contributed by atoms with Crippen LogP contribution in [0.4, 0.5) is 5.82 Å². The zero-order chi connectivity index (χ0) is 17.0. The van der Waals surface area contributed by atoms with Crippen LogP contribution in [0.1, 0.15) is 26.5 Å².